The fraction of sp³-hybridized carbons (Fsp3) is 0.500. The van der Waals surface area contributed by atoms with Gasteiger partial charge < -0.3 is 18.9 Å². The average Bonchev–Trinajstić information content (AvgIpc) is 3.15. The van der Waals surface area contributed by atoms with E-state index in [1.165, 1.54) is 5.70 Å². The number of esters is 1. The van der Waals surface area contributed by atoms with Crippen LogP contribution in [0.15, 0.2) is 30.4 Å². The van der Waals surface area contributed by atoms with Gasteiger partial charge >= 0.3 is 5.97 Å². The summed E-state index contributed by atoms with van der Waals surface area (Å²) in [6.07, 6.45) is 8.47. The molecule has 7 nitrogen and oxygen atoms in total. The Kier molecular flexibility index (Phi) is 6.27. The largest absolute Gasteiger partial charge is 0.478 e. The zero-order chi connectivity index (χ0) is 22.9. The first-order valence-corrected chi connectivity index (χ1v) is 12.0. The molecule has 0 atom stereocenters. The first-order chi connectivity index (χ1) is 16.1. The van der Waals surface area contributed by atoms with E-state index in [1.807, 2.05) is 14.0 Å². The Hall–Kier alpha value is -2.61. The minimum absolute atomic E-state index is 0.237. The van der Waals surface area contributed by atoms with Crippen LogP contribution in [0, 0.1) is 0 Å². The van der Waals surface area contributed by atoms with Crippen LogP contribution < -0.4 is 4.74 Å². The molecule has 1 aliphatic carbocycles. The zero-order valence-corrected chi connectivity index (χ0v) is 20.0. The third kappa shape index (κ3) is 4.21. The van der Waals surface area contributed by atoms with Gasteiger partial charge in [0.15, 0.2) is 0 Å². The summed E-state index contributed by atoms with van der Waals surface area (Å²) in [6, 6.07) is 4.18. The second-order valence-corrected chi connectivity index (χ2v) is 9.31. The molecule has 0 unspecified atom stereocenters. The predicted octanol–water partition coefficient (Wildman–Crippen LogP) is 3.54. The number of nitrogens with zero attached hydrogens (tertiary/aromatic N) is 4. The van der Waals surface area contributed by atoms with Gasteiger partial charge in [0.2, 0.25) is 0 Å². The summed E-state index contributed by atoms with van der Waals surface area (Å²) in [6.45, 7) is 8.31. The molecule has 0 saturated carbocycles. The molecule has 5 rings (SSSR count). The Balaban J connectivity index is 1.74. The minimum atomic E-state index is -0.237. The number of fused-ring (bicyclic) bond motifs is 3. The lowest BCUT2D eigenvalue weighted by molar-refractivity contribution is 0.0524. The monoisotopic (exact) mass is 450 g/mol. The zero-order valence-electron chi connectivity index (χ0n) is 20.0. The molecule has 0 bridgehead atoms. The number of carbonyl (C=O) groups excluding carboxylic acids is 1. The van der Waals surface area contributed by atoms with Crippen LogP contribution in [0.4, 0.5) is 0 Å². The van der Waals surface area contributed by atoms with Crippen LogP contribution in [-0.4, -0.2) is 78.8 Å². The van der Waals surface area contributed by atoms with Crippen LogP contribution in [0.2, 0.25) is 0 Å². The van der Waals surface area contributed by atoms with Gasteiger partial charge in [-0.15, -0.1) is 0 Å². The number of carbonyl (C=O) groups is 1. The Morgan fingerprint density at radius 1 is 1.12 bits per heavy atom. The molecule has 0 spiro atoms. The SMILES string of the molecule is CCOC(=O)c1c(CN2CCN(C)CC2)n(C2=CC=CCC2)c2ccc3c(c12)CN(C)CO3. The molecule has 0 amide bonds. The Labute approximate surface area is 195 Å². The normalized spacial score (nSPS) is 19.9. The van der Waals surface area contributed by atoms with Crippen molar-refractivity contribution in [3.8, 4) is 5.75 Å². The van der Waals surface area contributed by atoms with Gasteiger partial charge in [-0.1, -0.05) is 12.2 Å². The maximum atomic E-state index is 13.5. The molecule has 1 saturated heterocycles. The lowest BCUT2D eigenvalue weighted by Gasteiger charge is -2.33. The molecule has 3 heterocycles. The number of ether oxygens (including phenoxy) is 2. The number of allylic oxidation sites excluding steroid dienone is 4. The van der Waals surface area contributed by atoms with Crippen LogP contribution in [0.5, 0.6) is 5.75 Å². The number of hydrogen-bond donors (Lipinski definition) is 0. The summed E-state index contributed by atoms with van der Waals surface area (Å²) in [7, 11) is 4.21. The van der Waals surface area contributed by atoms with Crippen molar-refractivity contribution in [1.82, 2.24) is 19.3 Å². The van der Waals surface area contributed by atoms with E-state index in [9.17, 15) is 4.79 Å². The topological polar surface area (TPSA) is 50.2 Å². The summed E-state index contributed by atoms with van der Waals surface area (Å²) >= 11 is 0. The lowest BCUT2D eigenvalue weighted by atomic mass is 10.0. The Morgan fingerprint density at radius 3 is 2.67 bits per heavy atom. The number of likely N-dealkylation sites (N-methyl/N-ethyl adjacent to an activating group) is 1. The van der Waals surface area contributed by atoms with Crippen molar-refractivity contribution in [1.29, 1.82) is 0 Å². The maximum Gasteiger partial charge on any atom is 0.340 e. The van der Waals surface area contributed by atoms with Gasteiger partial charge in [0.25, 0.3) is 0 Å². The summed E-state index contributed by atoms with van der Waals surface area (Å²) in [5.74, 6) is 0.630. The molecule has 3 aliphatic rings. The molecule has 176 valence electrons. The first kappa shape index (κ1) is 22.2. The van der Waals surface area contributed by atoms with Crippen LogP contribution in [-0.2, 0) is 17.8 Å². The predicted molar refractivity (Wildman–Crippen MR) is 130 cm³/mol. The Morgan fingerprint density at radius 2 is 1.94 bits per heavy atom. The van der Waals surface area contributed by atoms with Crippen molar-refractivity contribution in [3.05, 3.63) is 47.2 Å². The first-order valence-electron chi connectivity index (χ1n) is 12.0. The van der Waals surface area contributed by atoms with Gasteiger partial charge in [0, 0.05) is 55.9 Å². The molecule has 7 heteroatoms. The van der Waals surface area contributed by atoms with Gasteiger partial charge in [-0.3, -0.25) is 9.80 Å². The van der Waals surface area contributed by atoms with Crippen LogP contribution in [0.25, 0.3) is 16.6 Å². The van der Waals surface area contributed by atoms with E-state index in [0.29, 0.717) is 18.9 Å². The van der Waals surface area contributed by atoms with Gasteiger partial charge in [-0.2, -0.15) is 0 Å². The second kappa shape index (κ2) is 9.33. The molecule has 1 aromatic heterocycles. The summed E-state index contributed by atoms with van der Waals surface area (Å²) in [5, 5.41) is 0.983. The highest BCUT2D eigenvalue weighted by Crippen LogP contribution is 2.40. The average molecular weight is 451 g/mol. The standard InChI is InChI=1S/C26H34N4O3/c1-4-32-26(31)25-22(17-29-14-12-27(2)13-15-29)30(19-8-6-5-7-9-19)21-10-11-23-20(24(21)25)16-28(3)18-33-23/h5-6,8,10-11H,4,7,9,12-18H2,1-3H3. The van der Waals surface area contributed by atoms with Crippen molar-refractivity contribution in [2.75, 3.05) is 53.6 Å². The molecule has 33 heavy (non-hydrogen) atoms. The molecule has 2 aliphatic heterocycles. The number of rotatable bonds is 5. The smallest absolute Gasteiger partial charge is 0.340 e. The van der Waals surface area contributed by atoms with Gasteiger partial charge in [-0.25, -0.2) is 4.79 Å². The fourth-order valence-electron chi connectivity index (χ4n) is 5.17. The fourth-order valence-corrected chi connectivity index (χ4v) is 5.17. The van der Waals surface area contributed by atoms with Gasteiger partial charge in [0.1, 0.15) is 12.5 Å². The van der Waals surface area contributed by atoms with E-state index in [1.54, 1.807) is 0 Å². The van der Waals surface area contributed by atoms with Crippen molar-refractivity contribution in [3.63, 3.8) is 0 Å². The van der Waals surface area contributed by atoms with Crippen molar-refractivity contribution < 1.29 is 14.3 Å². The van der Waals surface area contributed by atoms with Crippen LogP contribution in [0.3, 0.4) is 0 Å². The Bertz CT molecular complexity index is 1110. The van der Waals surface area contributed by atoms with Gasteiger partial charge in [-0.05, 0) is 52.1 Å². The highest BCUT2D eigenvalue weighted by atomic mass is 16.5. The number of piperazine rings is 1. The van der Waals surface area contributed by atoms with Gasteiger partial charge in [0.05, 0.1) is 23.4 Å². The van der Waals surface area contributed by atoms with Crippen molar-refractivity contribution in [2.24, 2.45) is 0 Å². The van der Waals surface area contributed by atoms with E-state index in [4.69, 9.17) is 9.47 Å². The lowest BCUT2D eigenvalue weighted by Crippen LogP contribution is -2.44. The van der Waals surface area contributed by atoms with Crippen molar-refractivity contribution in [2.45, 2.75) is 32.9 Å². The molecule has 1 fully saturated rings. The van der Waals surface area contributed by atoms with E-state index in [0.717, 1.165) is 80.0 Å². The summed E-state index contributed by atoms with van der Waals surface area (Å²) in [5.41, 5.74) is 5.12. The highest BCUT2D eigenvalue weighted by molar-refractivity contribution is 6.09. The minimum Gasteiger partial charge on any atom is -0.478 e. The third-order valence-electron chi connectivity index (χ3n) is 6.89. The highest BCUT2D eigenvalue weighted by Gasteiger charge is 2.31. The third-order valence-corrected chi connectivity index (χ3v) is 6.89. The number of aromatic nitrogens is 1. The molecule has 0 radical (unpaired) electrons. The molecular formula is C26H34N4O3. The maximum absolute atomic E-state index is 13.5. The quantitative estimate of drug-likeness (QED) is 0.650. The van der Waals surface area contributed by atoms with E-state index in [-0.39, 0.29) is 5.97 Å². The van der Waals surface area contributed by atoms with Crippen molar-refractivity contribution >= 4 is 22.6 Å². The van der Waals surface area contributed by atoms with E-state index in [2.05, 4.69) is 56.7 Å². The van der Waals surface area contributed by atoms with Crippen LogP contribution in [0.1, 0.15) is 41.4 Å². The summed E-state index contributed by atoms with van der Waals surface area (Å²) < 4.78 is 14.0. The molecule has 0 N–H and O–H groups in total. The second-order valence-electron chi connectivity index (χ2n) is 9.31. The molecular weight excluding hydrogens is 416 g/mol. The number of hydrogen-bond acceptors (Lipinski definition) is 6. The number of benzene rings is 1. The summed E-state index contributed by atoms with van der Waals surface area (Å²) in [4.78, 5) is 20.4. The molecule has 2 aromatic rings. The van der Waals surface area contributed by atoms with E-state index < -0.39 is 0 Å². The van der Waals surface area contributed by atoms with E-state index >= 15 is 0 Å². The van der Waals surface area contributed by atoms with Crippen LogP contribution >= 0.6 is 0 Å². The molecule has 1 aromatic carbocycles.